The lowest BCUT2D eigenvalue weighted by Crippen LogP contribution is -2.38. The molecule has 0 fully saturated rings. The number of fused-ring (bicyclic) bond motifs is 7. The standard InChI is InChI=1S/C49H33N/c1-5-17-34(18-6-1)36-29-30-47-44(32-36)49(38-21-9-3-10-22-38,39-23-11-4-12-24-39)45-33-37(35-19-7-2-8-20-35)31-43-41-26-14-13-25-40(41)42-27-15-16-28-46(42)50(47)48(43)45/h1-33H. The second-order valence-electron chi connectivity index (χ2n) is 13.3. The largest absolute Gasteiger partial charge is 0.309 e. The molecule has 0 aliphatic carbocycles. The molecule has 0 unspecified atom stereocenters. The van der Waals surface area contributed by atoms with Crippen LogP contribution in [0, 0.1) is 0 Å². The lowest BCUT2D eigenvalue weighted by molar-refractivity contribution is 0.732. The Morgan fingerprint density at radius 1 is 0.300 bits per heavy atom. The van der Waals surface area contributed by atoms with E-state index in [1.165, 1.54) is 83.8 Å². The van der Waals surface area contributed by atoms with Crippen molar-refractivity contribution in [1.82, 2.24) is 0 Å². The van der Waals surface area contributed by atoms with Crippen molar-refractivity contribution >= 4 is 17.1 Å². The highest BCUT2D eigenvalue weighted by Gasteiger charge is 2.48. The third kappa shape index (κ3) is 4.14. The second kappa shape index (κ2) is 11.3. The highest BCUT2D eigenvalue weighted by Crippen LogP contribution is 2.63. The maximum atomic E-state index is 2.56. The Morgan fingerprint density at radius 3 is 1.40 bits per heavy atom. The molecule has 1 nitrogen and oxygen atoms in total. The molecule has 0 saturated carbocycles. The van der Waals surface area contributed by atoms with Gasteiger partial charge >= 0.3 is 0 Å². The van der Waals surface area contributed by atoms with Gasteiger partial charge in [0.25, 0.3) is 0 Å². The zero-order chi connectivity index (χ0) is 33.1. The minimum absolute atomic E-state index is 0.623. The van der Waals surface area contributed by atoms with Crippen LogP contribution in [0.1, 0.15) is 22.3 Å². The van der Waals surface area contributed by atoms with Gasteiger partial charge in [-0.15, -0.1) is 0 Å². The Hall–Kier alpha value is -6.44. The molecule has 0 aromatic heterocycles. The molecule has 50 heavy (non-hydrogen) atoms. The van der Waals surface area contributed by atoms with Gasteiger partial charge in [-0.1, -0.05) is 170 Å². The maximum Gasteiger partial charge on any atom is 0.0743 e. The van der Waals surface area contributed by atoms with Crippen molar-refractivity contribution in [3.05, 3.63) is 222 Å². The third-order valence-corrected chi connectivity index (χ3v) is 10.7. The van der Waals surface area contributed by atoms with Gasteiger partial charge in [0.1, 0.15) is 0 Å². The van der Waals surface area contributed by atoms with Crippen molar-refractivity contribution < 1.29 is 0 Å². The van der Waals surface area contributed by atoms with Crippen molar-refractivity contribution in [3.63, 3.8) is 0 Å². The summed E-state index contributed by atoms with van der Waals surface area (Å²) in [6.07, 6.45) is 0. The molecule has 1 heteroatoms. The van der Waals surface area contributed by atoms with Gasteiger partial charge in [0.05, 0.1) is 22.5 Å². The number of hydrogen-bond donors (Lipinski definition) is 0. The number of rotatable bonds is 4. The summed E-state index contributed by atoms with van der Waals surface area (Å²) in [5.74, 6) is 0. The van der Waals surface area contributed by atoms with Crippen molar-refractivity contribution in [2.24, 2.45) is 0 Å². The van der Waals surface area contributed by atoms with Crippen molar-refractivity contribution in [2.45, 2.75) is 5.41 Å². The fourth-order valence-electron chi connectivity index (χ4n) is 8.54. The van der Waals surface area contributed by atoms with E-state index in [0.29, 0.717) is 0 Å². The third-order valence-electron chi connectivity index (χ3n) is 10.7. The smallest absolute Gasteiger partial charge is 0.0743 e. The van der Waals surface area contributed by atoms with Crippen molar-refractivity contribution in [2.75, 3.05) is 4.90 Å². The summed E-state index contributed by atoms with van der Waals surface area (Å²) in [5.41, 5.74) is 17.8. The van der Waals surface area contributed by atoms with E-state index >= 15 is 0 Å². The van der Waals surface area contributed by atoms with Gasteiger partial charge in [-0.25, -0.2) is 0 Å². The summed E-state index contributed by atoms with van der Waals surface area (Å²) in [5, 5.41) is 0. The Bertz CT molecular complexity index is 2480. The molecule has 8 aromatic rings. The molecular formula is C49H33N. The summed E-state index contributed by atoms with van der Waals surface area (Å²) < 4.78 is 0. The normalized spacial score (nSPS) is 13.3. The van der Waals surface area contributed by atoms with Crippen LogP contribution in [0.4, 0.5) is 17.1 Å². The zero-order valence-corrected chi connectivity index (χ0v) is 27.5. The predicted octanol–water partition coefficient (Wildman–Crippen LogP) is 12.8. The van der Waals surface area contributed by atoms with Crippen LogP contribution in [0.15, 0.2) is 200 Å². The van der Waals surface area contributed by atoms with Crippen LogP contribution >= 0.6 is 0 Å². The van der Waals surface area contributed by atoms with E-state index in [0.717, 1.165) is 0 Å². The fraction of sp³-hybridized carbons (Fsp3) is 0.0204. The molecule has 2 heterocycles. The lowest BCUT2D eigenvalue weighted by Gasteiger charge is -2.47. The molecule has 0 radical (unpaired) electrons. The molecule has 8 aromatic carbocycles. The monoisotopic (exact) mass is 635 g/mol. The minimum atomic E-state index is -0.623. The molecule has 10 rings (SSSR count). The van der Waals surface area contributed by atoms with Gasteiger partial charge in [-0.2, -0.15) is 0 Å². The number of anilines is 3. The van der Waals surface area contributed by atoms with Crippen molar-refractivity contribution in [3.8, 4) is 44.5 Å². The van der Waals surface area contributed by atoms with Crippen LogP contribution in [0.25, 0.3) is 44.5 Å². The quantitative estimate of drug-likeness (QED) is 0.186. The van der Waals surface area contributed by atoms with Crippen LogP contribution < -0.4 is 4.90 Å². The summed E-state index contributed by atoms with van der Waals surface area (Å²) in [4.78, 5) is 2.56. The molecule has 0 amide bonds. The van der Waals surface area contributed by atoms with Crippen LogP contribution in [-0.4, -0.2) is 0 Å². The molecule has 0 bridgehead atoms. The first-order valence-electron chi connectivity index (χ1n) is 17.4. The van der Waals surface area contributed by atoms with Gasteiger partial charge in [0.15, 0.2) is 0 Å². The molecule has 0 atom stereocenters. The van der Waals surface area contributed by atoms with Gasteiger partial charge in [-0.3, -0.25) is 0 Å². The first-order chi connectivity index (χ1) is 24.8. The number of nitrogens with zero attached hydrogens (tertiary/aromatic N) is 1. The van der Waals surface area contributed by atoms with Gasteiger partial charge in [0, 0.05) is 11.1 Å². The van der Waals surface area contributed by atoms with Crippen molar-refractivity contribution in [1.29, 1.82) is 0 Å². The van der Waals surface area contributed by atoms with Gasteiger partial charge < -0.3 is 4.90 Å². The Balaban J connectivity index is 1.45. The molecule has 234 valence electrons. The molecule has 0 spiro atoms. The summed E-state index contributed by atoms with van der Waals surface area (Å²) >= 11 is 0. The zero-order valence-electron chi connectivity index (χ0n) is 27.5. The maximum absolute atomic E-state index is 2.56. The summed E-state index contributed by atoms with van der Waals surface area (Å²) in [6, 6.07) is 73.9. The predicted molar refractivity (Wildman–Crippen MR) is 208 cm³/mol. The first kappa shape index (κ1) is 28.6. The molecular weight excluding hydrogens is 603 g/mol. The number of hydrogen-bond acceptors (Lipinski definition) is 1. The number of benzene rings is 8. The second-order valence-corrected chi connectivity index (χ2v) is 13.3. The van der Waals surface area contributed by atoms with E-state index in [1.807, 2.05) is 0 Å². The van der Waals surface area contributed by atoms with E-state index in [2.05, 4.69) is 205 Å². The van der Waals surface area contributed by atoms with E-state index in [-0.39, 0.29) is 0 Å². The highest BCUT2D eigenvalue weighted by molar-refractivity contribution is 6.07. The Kier molecular flexibility index (Phi) is 6.47. The first-order valence-corrected chi connectivity index (χ1v) is 17.4. The molecule has 0 N–H and O–H groups in total. The van der Waals surface area contributed by atoms with Crippen LogP contribution in [0.5, 0.6) is 0 Å². The minimum Gasteiger partial charge on any atom is -0.309 e. The Morgan fingerprint density at radius 2 is 0.780 bits per heavy atom. The number of para-hydroxylation sites is 1. The average molecular weight is 636 g/mol. The molecule has 0 saturated heterocycles. The lowest BCUT2D eigenvalue weighted by atomic mass is 9.61. The van der Waals surface area contributed by atoms with E-state index in [4.69, 9.17) is 0 Å². The topological polar surface area (TPSA) is 3.24 Å². The summed E-state index contributed by atoms with van der Waals surface area (Å²) in [6.45, 7) is 0. The van der Waals surface area contributed by atoms with E-state index in [1.54, 1.807) is 0 Å². The highest BCUT2D eigenvalue weighted by atomic mass is 15.2. The van der Waals surface area contributed by atoms with Crippen LogP contribution in [-0.2, 0) is 5.41 Å². The van der Waals surface area contributed by atoms with Gasteiger partial charge in [0.2, 0.25) is 0 Å². The van der Waals surface area contributed by atoms with Crippen LogP contribution in [0.2, 0.25) is 0 Å². The summed E-state index contributed by atoms with van der Waals surface area (Å²) in [7, 11) is 0. The fourth-order valence-corrected chi connectivity index (χ4v) is 8.54. The molecule has 2 aliphatic heterocycles. The average Bonchev–Trinajstić information content (AvgIpc) is 3.33. The molecule has 2 aliphatic rings. The van der Waals surface area contributed by atoms with Gasteiger partial charge in [-0.05, 0) is 86.0 Å². The van der Waals surface area contributed by atoms with Crippen LogP contribution in [0.3, 0.4) is 0 Å². The van der Waals surface area contributed by atoms with E-state index < -0.39 is 5.41 Å². The SMILES string of the molecule is c1ccc(-c2ccc3c(c2)C(c2ccccc2)(c2ccccc2)c2cc(-c4ccccc4)cc4c2N3c2ccccc2-c2ccccc2-4)cc1. The Labute approximate surface area is 293 Å². The van der Waals surface area contributed by atoms with E-state index in [9.17, 15) is 0 Å².